The van der Waals surface area contributed by atoms with E-state index in [1.54, 1.807) is 48.8 Å². The van der Waals surface area contributed by atoms with E-state index in [1.165, 1.54) is 17.3 Å². The number of rotatable bonds is 6. The number of aromatic nitrogens is 5. The Kier molecular flexibility index (Phi) is 6.46. The van der Waals surface area contributed by atoms with Crippen molar-refractivity contribution in [1.29, 1.82) is 5.26 Å². The molecule has 194 valence electrons. The van der Waals surface area contributed by atoms with Crippen molar-refractivity contribution in [1.82, 2.24) is 39.8 Å². The summed E-state index contributed by atoms with van der Waals surface area (Å²) in [7, 11) is 3.34. The summed E-state index contributed by atoms with van der Waals surface area (Å²) in [4.78, 5) is 53.1. The Hall–Kier alpha value is -4.50. The van der Waals surface area contributed by atoms with Gasteiger partial charge in [0.05, 0.1) is 29.3 Å². The lowest BCUT2D eigenvalue weighted by Crippen LogP contribution is -2.55. The minimum Gasteiger partial charge on any atom is -0.347 e. The monoisotopic (exact) mass is 533 g/mol. The number of nitrogens with zero attached hydrogens (tertiary/aromatic N) is 7. The molecule has 1 aliphatic rings. The van der Waals surface area contributed by atoms with Gasteiger partial charge in [-0.2, -0.15) is 10.4 Å². The van der Waals surface area contributed by atoms with Gasteiger partial charge in [0.25, 0.3) is 5.91 Å². The summed E-state index contributed by atoms with van der Waals surface area (Å²) in [5.41, 5.74) is 2.48. The summed E-state index contributed by atoms with van der Waals surface area (Å²) in [6, 6.07) is 6.60. The molecule has 1 aromatic carbocycles. The Morgan fingerprint density at radius 2 is 2.08 bits per heavy atom. The zero-order valence-corrected chi connectivity index (χ0v) is 21.7. The van der Waals surface area contributed by atoms with Crippen molar-refractivity contribution in [2.75, 3.05) is 27.2 Å². The standard InChI is InChI=1S/C25H24ClN9O3/c1-13(25(38)34-10-14(7-27)11-34)30-24(37)17-8-28-23-22(17)31-18(9-29-23)21-16-5-4-15(26)6-19(16)35(32-21)12-20(36)33(2)3/h4-6,8-9,13-14H,10-12H2,1-3H3,(H,28,29)(H,30,37). The summed E-state index contributed by atoms with van der Waals surface area (Å²) in [5, 5.41) is 17.5. The molecule has 2 N–H and O–H groups in total. The van der Waals surface area contributed by atoms with Crippen molar-refractivity contribution < 1.29 is 14.4 Å². The van der Waals surface area contributed by atoms with Crippen molar-refractivity contribution in [3.8, 4) is 17.5 Å². The lowest BCUT2D eigenvalue weighted by molar-refractivity contribution is -0.137. The molecule has 4 heterocycles. The molecule has 1 atom stereocenters. The van der Waals surface area contributed by atoms with Crippen molar-refractivity contribution in [3.63, 3.8) is 0 Å². The van der Waals surface area contributed by atoms with Crippen LogP contribution in [0.25, 0.3) is 33.5 Å². The molecule has 1 saturated heterocycles. The molecular weight excluding hydrogens is 510 g/mol. The second kappa shape index (κ2) is 9.75. The number of likely N-dealkylation sites (tertiary alicyclic amines) is 1. The van der Waals surface area contributed by atoms with E-state index in [0.29, 0.717) is 46.2 Å². The van der Waals surface area contributed by atoms with Crippen LogP contribution in [0.15, 0.2) is 30.6 Å². The molecule has 12 nitrogen and oxygen atoms in total. The third kappa shape index (κ3) is 4.52. The van der Waals surface area contributed by atoms with Crippen LogP contribution >= 0.6 is 11.6 Å². The number of likely N-dealkylation sites (N-methyl/N-ethyl adjacent to an activating group) is 1. The van der Waals surface area contributed by atoms with Gasteiger partial charge in [-0.1, -0.05) is 11.6 Å². The molecule has 1 fully saturated rings. The molecule has 1 unspecified atom stereocenters. The number of H-pyrrole nitrogens is 1. The van der Waals surface area contributed by atoms with Gasteiger partial charge in [0.2, 0.25) is 11.8 Å². The van der Waals surface area contributed by atoms with Crippen LogP contribution in [-0.2, 0) is 16.1 Å². The predicted octanol–water partition coefficient (Wildman–Crippen LogP) is 1.82. The van der Waals surface area contributed by atoms with Crippen LogP contribution in [0.3, 0.4) is 0 Å². The summed E-state index contributed by atoms with van der Waals surface area (Å²) in [5.74, 6) is -1.04. The Bertz CT molecular complexity index is 1630. The first kappa shape index (κ1) is 25.2. The highest BCUT2D eigenvalue weighted by Gasteiger charge is 2.33. The number of carbonyl (C=O) groups is 3. The minimum absolute atomic E-state index is 0.00930. The van der Waals surface area contributed by atoms with Crippen molar-refractivity contribution in [3.05, 3.63) is 41.2 Å². The maximum atomic E-state index is 13.1. The van der Waals surface area contributed by atoms with Crippen LogP contribution in [0.5, 0.6) is 0 Å². The topological polar surface area (TPSA) is 153 Å². The number of nitriles is 1. The molecule has 0 saturated carbocycles. The van der Waals surface area contributed by atoms with E-state index >= 15 is 0 Å². The van der Waals surface area contributed by atoms with Crippen LogP contribution < -0.4 is 5.32 Å². The van der Waals surface area contributed by atoms with Gasteiger partial charge < -0.3 is 20.1 Å². The third-order valence-electron chi connectivity index (χ3n) is 6.46. The summed E-state index contributed by atoms with van der Waals surface area (Å²) < 4.78 is 1.56. The molecule has 0 radical (unpaired) electrons. The Morgan fingerprint density at radius 1 is 1.32 bits per heavy atom. The zero-order chi connectivity index (χ0) is 27.1. The summed E-state index contributed by atoms with van der Waals surface area (Å²) >= 11 is 6.22. The normalized spacial score (nSPS) is 14.2. The van der Waals surface area contributed by atoms with Crippen LogP contribution in [0, 0.1) is 17.2 Å². The molecule has 3 amide bonds. The molecule has 38 heavy (non-hydrogen) atoms. The van der Waals surface area contributed by atoms with Gasteiger partial charge in [0.1, 0.15) is 29.5 Å². The molecule has 5 rings (SSSR count). The smallest absolute Gasteiger partial charge is 0.255 e. The first-order valence-electron chi connectivity index (χ1n) is 11.9. The van der Waals surface area contributed by atoms with Crippen LogP contribution in [0.2, 0.25) is 5.02 Å². The first-order valence-corrected chi connectivity index (χ1v) is 12.2. The molecule has 3 aromatic heterocycles. The summed E-state index contributed by atoms with van der Waals surface area (Å²) in [6.45, 7) is 2.34. The van der Waals surface area contributed by atoms with E-state index in [2.05, 4.69) is 31.4 Å². The number of nitrogens with one attached hydrogen (secondary N) is 2. The highest BCUT2D eigenvalue weighted by molar-refractivity contribution is 6.31. The quantitative estimate of drug-likeness (QED) is 0.383. The number of carbonyl (C=O) groups excluding carboxylic acids is 3. The maximum Gasteiger partial charge on any atom is 0.255 e. The zero-order valence-electron chi connectivity index (χ0n) is 20.9. The Balaban J connectivity index is 1.45. The van der Waals surface area contributed by atoms with Crippen molar-refractivity contribution in [2.45, 2.75) is 19.5 Å². The van der Waals surface area contributed by atoms with E-state index < -0.39 is 11.9 Å². The van der Waals surface area contributed by atoms with E-state index in [4.69, 9.17) is 16.9 Å². The number of hydrogen-bond donors (Lipinski definition) is 2. The van der Waals surface area contributed by atoms with Gasteiger partial charge in [-0.15, -0.1) is 0 Å². The lowest BCUT2D eigenvalue weighted by atomic mass is 10.0. The molecule has 1 aliphatic heterocycles. The Morgan fingerprint density at radius 3 is 2.79 bits per heavy atom. The van der Waals surface area contributed by atoms with E-state index in [0.717, 1.165) is 5.39 Å². The Labute approximate surface area is 222 Å². The van der Waals surface area contributed by atoms with E-state index in [9.17, 15) is 14.4 Å². The summed E-state index contributed by atoms with van der Waals surface area (Å²) in [6.07, 6.45) is 3.03. The van der Waals surface area contributed by atoms with Gasteiger partial charge in [-0.05, 0) is 25.1 Å². The SMILES string of the molecule is CC(NC(=O)c1c[nH]c2ncc(-c3nn(CC(=O)N(C)C)c4cc(Cl)ccc34)nc12)C(=O)N1CC(C#N)C1. The second-order valence-corrected chi connectivity index (χ2v) is 9.81. The van der Waals surface area contributed by atoms with Gasteiger partial charge in [-0.25, -0.2) is 9.97 Å². The van der Waals surface area contributed by atoms with Crippen molar-refractivity contribution >= 4 is 51.4 Å². The fourth-order valence-electron chi connectivity index (χ4n) is 4.26. The maximum absolute atomic E-state index is 13.1. The average Bonchev–Trinajstić information content (AvgIpc) is 3.44. The number of fused-ring (bicyclic) bond motifs is 2. The number of benzene rings is 1. The lowest BCUT2D eigenvalue weighted by Gasteiger charge is -2.37. The highest BCUT2D eigenvalue weighted by Crippen LogP contribution is 2.30. The van der Waals surface area contributed by atoms with Crippen LogP contribution in [-0.4, -0.2) is 85.5 Å². The molecule has 0 spiro atoms. The number of halogens is 1. The van der Waals surface area contributed by atoms with Crippen LogP contribution in [0.4, 0.5) is 0 Å². The third-order valence-corrected chi connectivity index (χ3v) is 6.69. The fourth-order valence-corrected chi connectivity index (χ4v) is 4.42. The van der Waals surface area contributed by atoms with Gasteiger partial charge >= 0.3 is 0 Å². The van der Waals surface area contributed by atoms with Crippen molar-refractivity contribution in [2.24, 2.45) is 5.92 Å². The second-order valence-electron chi connectivity index (χ2n) is 9.38. The molecular formula is C25H24ClN9O3. The average molecular weight is 534 g/mol. The first-order chi connectivity index (χ1) is 18.2. The fraction of sp³-hybridized carbons (Fsp3) is 0.320. The van der Waals surface area contributed by atoms with Gasteiger partial charge in [0.15, 0.2) is 5.65 Å². The van der Waals surface area contributed by atoms with E-state index in [-0.39, 0.29) is 29.8 Å². The molecule has 4 aromatic rings. The van der Waals surface area contributed by atoms with Gasteiger partial charge in [-0.3, -0.25) is 19.1 Å². The van der Waals surface area contributed by atoms with Gasteiger partial charge in [0, 0.05) is 43.8 Å². The highest BCUT2D eigenvalue weighted by atomic mass is 35.5. The predicted molar refractivity (Wildman–Crippen MR) is 139 cm³/mol. The number of amides is 3. The molecule has 0 aliphatic carbocycles. The molecule has 0 bridgehead atoms. The molecule has 13 heteroatoms. The minimum atomic E-state index is -0.776. The van der Waals surface area contributed by atoms with E-state index in [1.807, 2.05) is 0 Å². The largest absolute Gasteiger partial charge is 0.347 e. The number of aromatic amines is 1. The number of hydrogen-bond acceptors (Lipinski definition) is 7. The van der Waals surface area contributed by atoms with Crippen LogP contribution in [0.1, 0.15) is 17.3 Å².